The van der Waals surface area contributed by atoms with E-state index in [2.05, 4.69) is 10.3 Å². The first-order chi connectivity index (χ1) is 17.3. The Bertz CT molecular complexity index is 1320. The van der Waals surface area contributed by atoms with Crippen molar-refractivity contribution in [3.05, 3.63) is 94.0 Å². The number of ether oxygens (including phenoxy) is 1. The van der Waals surface area contributed by atoms with Crippen molar-refractivity contribution >= 4 is 63.6 Å². The highest BCUT2D eigenvalue weighted by Crippen LogP contribution is 2.44. The van der Waals surface area contributed by atoms with Crippen LogP contribution in [0.15, 0.2) is 82.7 Å². The van der Waals surface area contributed by atoms with Gasteiger partial charge < -0.3 is 26.4 Å². The van der Waals surface area contributed by atoms with Crippen molar-refractivity contribution < 1.29 is 19.2 Å². The van der Waals surface area contributed by atoms with Gasteiger partial charge in [0.15, 0.2) is 11.5 Å². The van der Waals surface area contributed by atoms with Gasteiger partial charge in [-0.15, -0.1) is 17.0 Å². The first-order valence-corrected chi connectivity index (χ1v) is 11.6. The number of amides is 1. The third-order valence-electron chi connectivity index (χ3n) is 5.17. The number of nitro groups is 1. The first kappa shape index (κ1) is 27.5. The summed E-state index contributed by atoms with van der Waals surface area (Å²) in [6.07, 6.45) is 0. The maximum atomic E-state index is 12.9. The molecule has 1 atom stereocenters. The van der Waals surface area contributed by atoms with E-state index in [-0.39, 0.29) is 41.8 Å². The van der Waals surface area contributed by atoms with Crippen LogP contribution in [-0.4, -0.2) is 34.8 Å². The van der Waals surface area contributed by atoms with Crippen molar-refractivity contribution in [2.45, 2.75) is 17.0 Å². The molecule has 0 radical (unpaired) electrons. The smallest absolute Gasteiger partial charge is 0.325 e. The molecule has 0 saturated heterocycles. The lowest BCUT2D eigenvalue weighted by Gasteiger charge is -2.26. The van der Waals surface area contributed by atoms with Crippen LogP contribution in [0.5, 0.6) is 0 Å². The molecule has 1 aliphatic rings. The molecule has 1 amide bonds. The zero-order valence-corrected chi connectivity index (χ0v) is 21.8. The van der Waals surface area contributed by atoms with E-state index in [0.29, 0.717) is 21.8 Å². The van der Waals surface area contributed by atoms with Crippen LogP contribution in [-0.2, 0) is 16.1 Å². The highest BCUT2D eigenvalue weighted by Gasteiger charge is 2.34. The second-order valence-electron chi connectivity index (χ2n) is 7.71. The van der Waals surface area contributed by atoms with Gasteiger partial charge in [0.1, 0.15) is 13.2 Å². The molecule has 0 aliphatic carbocycles. The lowest BCUT2D eigenvalue weighted by atomic mass is 10.2. The maximum absolute atomic E-state index is 12.9. The summed E-state index contributed by atoms with van der Waals surface area (Å²) in [5.41, 5.74) is 12.2. The molecular formula is C24H23BrN6O5S. The molecule has 3 aromatic carbocycles. The van der Waals surface area contributed by atoms with Gasteiger partial charge in [0.25, 0.3) is 11.6 Å². The molecule has 1 aliphatic heterocycles. The summed E-state index contributed by atoms with van der Waals surface area (Å²) in [5, 5.41) is 14.1. The predicted octanol–water partition coefficient (Wildman–Crippen LogP) is 3.45. The molecule has 1 heterocycles. The van der Waals surface area contributed by atoms with Crippen molar-refractivity contribution in [1.29, 1.82) is 0 Å². The topological polar surface area (TPSA) is 166 Å². The van der Waals surface area contributed by atoms with Gasteiger partial charge in [-0.05, 0) is 35.9 Å². The van der Waals surface area contributed by atoms with Crippen LogP contribution in [0.3, 0.4) is 0 Å². The number of carbonyl (C=O) groups is 2. The molecule has 13 heteroatoms. The number of carbonyl (C=O) groups excluding carboxylic acids is 2. The molecule has 4 rings (SSSR count). The summed E-state index contributed by atoms with van der Waals surface area (Å²) in [5.74, 6) is -1.02. The zero-order chi connectivity index (χ0) is 25.7. The van der Waals surface area contributed by atoms with Gasteiger partial charge in [0.2, 0.25) is 0 Å². The lowest BCUT2D eigenvalue weighted by molar-refractivity contribution is -0.385. The number of nitrogens with two attached hydrogens (primary N) is 2. The Balaban J connectivity index is 0.00000380. The molecule has 0 saturated carbocycles. The Labute approximate surface area is 226 Å². The van der Waals surface area contributed by atoms with Gasteiger partial charge in [-0.2, -0.15) is 0 Å². The summed E-state index contributed by atoms with van der Waals surface area (Å²) < 4.78 is 5.41. The molecule has 0 fully saturated rings. The van der Waals surface area contributed by atoms with Gasteiger partial charge in [-0.1, -0.05) is 42.1 Å². The summed E-state index contributed by atoms with van der Waals surface area (Å²) in [4.78, 5) is 42.5. The molecule has 1 unspecified atom stereocenters. The number of non-ortho nitro benzene ring substituents is 1. The maximum Gasteiger partial charge on any atom is 0.325 e. The number of thioether (sulfide) groups is 1. The standard InChI is InChI=1S/C24H22N6O5S.BrH/c25-23(26)27-17-8-6-16(7-9-17)22(32)28-24-29(13-21(31)35-14-15-4-2-1-3-5-15)19-11-10-18(30(33)34)12-20(19)36-24;/h1-12,24H,13-14H2,(H,28,32)(H4,25,26,27);1H. The number of esters is 1. The number of nitro benzene ring substituents is 1. The summed E-state index contributed by atoms with van der Waals surface area (Å²) >= 11 is 1.19. The Kier molecular flexibility index (Phi) is 9.09. The SMILES string of the molecule is Br.NC(N)=Nc1ccc(C(=O)NC2Sc3cc([N+](=O)[O-])ccc3N2CC(=O)OCc2ccccc2)cc1. The summed E-state index contributed by atoms with van der Waals surface area (Å²) in [6.45, 7) is -0.0635. The third-order valence-corrected chi connectivity index (χ3v) is 6.35. The third kappa shape index (κ3) is 6.98. The number of guanidine groups is 1. The van der Waals surface area contributed by atoms with E-state index in [1.165, 1.54) is 23.9 Å². The molecular weight excluding hydrogens is 564 g/mol. The largest absolute Gasteiger partial charge is 0.459 e. The first-order valence-electron chi connectivity index (χ1n) is 10.7. The van der Waals surface area contributed by atoms with Crippen molar-refractivity contribution in [2.75, 3.05) is 11.4 Å². The monoisotopic (exact) mass is 586 g/mol. The Morgan fingerprint density at radius 2 is 1.78 bits per heavy atom. The van der Waals surface area contributed by atoms with Gasteiger partial charge >= 0.3 is 5.97 Å². The molecule has 5 N–H and O–H groups in total. The number of rotatable bonds is 8. The molecule has 192 valence electrons. The van der Waals surface area contributed by atoms with Crippen LogP contribution in [0.25, 0.3) is 0 Å². The van der Waals surface area contributed by atoms with Crippen LogP contribution >= 0.6 is 28.7 Å². The van der Waals surface area contributed by atoms with E-state index >= 15 is 0 Å². The lowest BCUT2D eigenvalue weighted by Crippen LogP contribution is -2.46. The van der Waals surface area contributed by atoms with E-state index in [1.54, 1.807) is 35.2 Å². The average molecular weight is 587 g/mol. The molecule has 11 nitrogen and oxygen atoms in total. The molecule has 0 bridgehead atoms. The number of aliphatic imine (C=N–C) groups is 1. The average Bonchev–Trinajstić information content (AvgIpc) is 3.19. The minimum absolute atomic E-state index is 0. The fourth-order valence-corrected chi connectivity index (χ4v) is 4.71. The van der Waals surface area contributed by atoms with Crippen LogP contribution in [0.4, 0.5) is 17.1 Å². The van der Waals surface area contributed by atoms with E-state index in [4.69, 9.17) is 16.2 Å². The Morgan fingerprint density at radius 3 is 2.43 bits per heavy atom. The van der Waals surface area contributed by atoms with E-state index in [0.717, 1.165) is 5.56 Å². The minimum Gasteiger partial charge on any atom is -0.459 e. The molecule has 37 heavy (non-hydrogen) atoms. The number of fused-ring (bicyclic) bond motifs is 1. The number of nitrogens with zero attached hydrogens (tertiary/aromatic N) is 3. The highest BCUT2D eigenvalue weighted by molar-refractivity contribution is 8.93. The van der Waals surface area contributed by atoms with Crippen LogP contribution in [0.2, 0.25) is 0 Å². The van der Waals surface area contributed by atoms with Crippen molar-refractivity contribution in [1.82, 2.24) is 5.32 Å². The Hall–Kier alpha value is -4.10. The fraction of sp³-hybridized carbons (Fsp3) is 0.125. The van der Waals surface area contributed by atoms with Crippen LogP contribution in [0, 0.1) is 10.1 Å². The van der Waals surface area contributed by atoms with Crippen molar-refractivity contribution in [3.8, 4) is 0 Å². The number of nitrogens with one attached hydrogen (secondary N) is 1. The van der Waals surface area contributed by atoms with E-state index in [1.807, 2.05) is 30.3 Å². The summed E-state index contributed by atoms with van der Waals surface area (Å²) in [6, 6.07) is 19.9. The number of hydrogen-bond donors (Lipinski definition) is 3. The fourth-order valence-electron chi connectivity index (χ4n) is 3.49. The number of halogens is 1. The highest BCUT2D eigenvalue weighted by atomic mass is 79.9. The second kappa shape index (κ2) is 12.2. The normalized spacial score (nSPS) is 13.6. The molecule has 0 aromatic heterocycles. The van der Waals surface area contributed by atoms with Gasteiger partial charge in [0, 0.05) is 22.6 Å². The van der Waals surface area contributed by atoms with Crippen LogP contribution < -0.4 is 21.7 Å². The van der Waals surface area contributed by atoms with Crippen LogP contribution in [0.1, 0.15) is 15.9 Å². The van der Waals surface area contributed by atoms with Gasteiger partial charge in [0.05, 0.1) is 16.3 Å². The predicted molar refractivity (Wildman–Crippen MR) is 146 cm³/mol. The quantitative estimate of drug-likeness (QED) is 0.118. The van der Waals surface area contributed by atoms with Crippen molar-refractivity contribution in [3.63, 3.8) is 0 Å². The van der Waals surface area contributed by atoms with Gasteiger partial charge in [-0.3, -0.25) is 19.7 Å². The number of hydrogen-bond acceptors (Lipinski definition) is 8. The van der Waals surface area contributed by atoms with Gasteiger partial charge in [-0.25, -0.2) is 4.99 Å². The zero-order valence-electron chi connectivity index (χ0n) is 19.3. The summed E-state index contributed by atoms with van der Waals surface area (Å²) in [7, 11) is 0. The van der Waals surface area contributed by atoms with E-state index in [9.17, 15) is 19.7 Å². The molecule has 3 aromatic rings. The van der Waals surface area contributed by atoms with E-state index < -0.39 is 22.3 Å². The second-order valence-corrected chi connectivity index (χ2v) is 8.83. The van der Waals surface area contributed by atoms with Crippen molar-refractivity contribution in [2.24, 2.45) is 16.5 Å². The minimum atomic E-state index is -0.698. The Morgan fingerprint density at radius 1 is 1.08 bits per heavy atom. The molecule has 0 spiro atoms. The number of anilines is 1. The number of benzene rings is 3.